The third kappa shape index (κ3) is 5.15. The zero-order valence-electron chi connectivity index (χ0n) is 22.3. The highest BCUT2D eigenvalue weighted by molar-refractivity contribution is 7.99. The molecule has 0 N–H and O–H groups in total. The summed E-state index contributed by atoms with van der Waals surface area (Å²) in [5.74, 6) is 0.457. The number of ether oxygens (including phenoxy) is 2. The van der Waals surface area contributed by atoms with Gasteiger partial charge in [0.2, 0.25) is 0 Å². The first kappa shape index (κ1) is 27.0. The number of halogens is 2. The minimum absolute atomic E-state index is 0.00485. The van der Waals surface area contributed by atoms with Crippen molar-refractivity contribution in [2.45, 2.75) is 48.8 Å². The molecule has 2 aromatic carbocycles. The molecule has 2 fully saturated rings. The van der Waals surface area contributed by atoms with Crippen molar-refractivity contribution in [2.75, 3.05) is 31.7 Å². The smallest absolute Gasteiger partial charge is 0.263 e. The van der Waals surface area contributed by atoms with E-state index in [1.807, 2.05) is 6.07 Å². The Labute approximate surface area is 240 Å². The highest BCUT2D eigenvalue weighted by Gasteiger charge is 2.41. The third-order valence-corrected chi connectivity index (χ3v) is 9.36. The Kier molecular flexibility index (Phi) is 7.41. The van der Waals surface area contributed by atoms with Crippen LogP contribution in [0, 0.1) is 11.2 Å². The van der Waals surface area contributed by atoms with E-state index >= 15 is 0 Å². The van der Waals surface area contributed by atoms with Gasteiger partial charge in [0.25, 0.3) is 5.56 Å². The highest BCUT2D eigenvalue weighted by atomic mass is 35.5. The van der Waals surface area contributed by atoms with E-state index in [0.717, 1.165) is 44.8 Å². The molecular weight excluding hydrogens is 553 g/mol. The molecule has 2 aliphatic heterocycles. The number of hydrogen-bond donors (Lipinski definition) is 0. The minimum atomic E-state index is -0.513. The Morgan fingerprint density at radius 3 is 2.70 bits per heavy atom. The molecule has 0 radical (unpaired) electrons. The number of nitrogens with zero attached hydrogens (tertiary/aromatic N) is 5. The monoisotopic (exact) mass is 581 g/mol. The van der Waals surface area contributed by atoms with Gasteiger partial charge >= 0.3 is 0 Å². The fourth-order valence-corrected chi connectivity index (χ4v) is 6.76. The van der Waals surface area contributed by atoms with E-state index in [2.05, 4.69) is 26.8 Å². The van der Waals surface area contributed by atoms with Gasteiger partial charge in [-0.2, -0.15) is 0 Å². The Hall–Kier alpha value is -3.21. The summed E-state index contributed by atoms with van der Waals surface area (Å²) in [6, 6.07) is 8.39. The maximum absolute atomic E-state index is 14.7. The number of benzene rings is 2. The predicted octanol–water partition coefficient (Wildman–Crippen LogP) is 5.58. The second-order valence-electron chi connectivity index (χ2n) is 10.5. The van der Waals surface area contributed by atoms with E-state index in [4.69, 9.17) is 21.1 Å². The average Bonchev–Trinajstić information content (AvgIpc) is 3.33. The summed E-state index contributed by atoms with van der Waals surface area (Å²) in [5.41, 5.74) is 0.732. The second kappa shape index (κ2) is 11.0. The molecule has 4 aromatic rings. The van der Waals surface area contributed by atoms with Crippen molar-refractivity contribution in [3.63, 3.8) is 0 Å². The first-order chi connectivity index (χ1) is 19.4. The van der Waals surface area contributed by atoms with E-state index in [-0.39, 0.29) is 28.3 Å². The van der Waals surface area contributed by atoms with Crippen LogP contribution in [-0.2, 0) is 11.3 Å². The molecular formula is C29H29ClFN5O3S. The van der Waals surface area contributed by atoms with Crippen molar-refractivity contribution in [3.8, 4) is 5.75 Å². The Morgan fingerprint density at radius 1 is 1.18 bits per heavy atom. The van der Waals surface area contributed by atoms with Gasteiger partial charge in [0.05, 0.1) is 61.0 Å². The summed E-state index contributed by atoms with van der Waals surface area (Å²) >= 11 is 8.07. The van der Waals surface area contributed by atoms with Crippen molar-refractivity contribution in [1.82, 2.24) is 19.5 Å². The maximum atomic E-state index is 14.7. The van der Waals surface area contributed by atoms with E-state index in [1.165, 1.54) is 35.8 Å². The van der Waals surface area contributed by atoms with Crippen LogP contribution in [0.4, 0.5) is 10.2 Å². The maximum Gasteiger partial charge on any atom is 0.263 e. The van der Waals surface area contributed by atoms with E-state index in [0.29, 0.717) is 32.5 Å². The van der Waals surface area contributed by atoms with Crippen LogP contribution in [0.15, 0.2) is 63.8 Å². The lowest BCUT2D eigenvalue weighted by Crippen LogP contribution is -2.41. The summed E-state index contributed by atoms with van der Waals surface area (Å²) in [7, 11) is 1.40. The zero-order valence-corrected chi connectivity index (χ0v) is 23.8. The van der Waals surface area contributed by atoms with Gasteiger partial charge in [-0.3, -0.25) is 9.36 Å². The molecule has 8 nitrogen and oxygen atoms in total. The van der Waals surface area contributed by atoms with Crippen LogP contribution >= 0.6 is 23.4 Å². The SMILES string of the molecule is COc1cccc(Cn2cnc3ccc(Sc4cnc(N5CCC6(CC5)CO[C@@H](C)C6)cn4)c(Cl)c3c2=O)c1F. The van der Waals surface area contributed by atoms with Crippen LogP contribution < -0.4 is 15.2 Å². The largest absolute Gasteiger partial charge is 0.494 e. The lowest BCUT2D eigenvalue weighted by molar-refractivity contribution is 0.0976. The number of anilines is 1. The summed E-state index contributed by atoms with van der Waals surface area (Å²) in [6.45, 7) is 4.88. The summed E-state index contributed by atoms with van der Waals surface area (Å²) in [6.07, 6.45) is 8.60. The number of hydrogen-bond acceptors (Lipinski definition) is 8. The Bertz CT molecular complexity index is 1610. The van der Waals surface area contributed by atoms with Crippen molar-refractivity contribution in [3.05, 3.63) is 75.8 Å². The standard InChI is InChI=1S/C29H29ClFN5O3S/c1-18-12-29(16-39-18)8-10-35(11-9-29)23-13-33-24(14-32-23)40-22-7-6-20-25(26(22)30)28(37)36(17-34-20)15-19-4-3-5-21(38-2)27(19)31/h3-7,13-14,17-18H,8-12,15-16H2,1-2H3/t18-/m0/s1. The van der Waals surface area contributed by atoms with Gasteiger partial charge in [0, 0.05) is 23.5 Å². The van der Waals surface area contributed by atoms with Gasteiger partial charge in [0.15, 0.2) is 11.6 Å². The molecule has 0 saturated carbocycles. The van der Waals surface area contributed by atoms with Crippen LogP contribution in [0.2, 0.25) is 5.02 Å². The molecule has 0 unspecified atom stereocenters. The molecule has 4 heterocycles. The molecule has 1 atom stereocenters. The summed E-state index contributed by atoms with van der Waals surface area (Å²) < 4.78 is 27.0. The minimum Gasteiger partial charge on any atom is -0.494 e. The van der Waals surface area contributed by atoms with Crippen molar-refractivity contribution >= 4 is 40.1 Å². The first-order valence-corrected chi connectivity index (χ1v) is 14.4. The highest BCUT2D eigenvalue weighted by Crippen LogP contribution is 2.42. The van der Waals surface area contributed by atoms with E-state index in [9.17, 15) is 9.18 Å². The molecule has 0 aliphatic carbocycles. The topological polar surface area (TPSA) is 82.4 Å². The van der Waals surface area contributed by atoms with Gasteiger partial charge in [-0.15, -0.1) is 0 Å². The number of methoxy groups -OCH3 is 1. The van der Waals surface area contributed by atoms with E-state index in [1.54, 1.807) is 30.6 Å². The van der Waals surface area contributed by atoms with Crippen LogP contribution in [0.5, 0.6) is 5.75 Å². The van der Waals surface area contributed by atoms with Crippen molar-refractivity contribution < 1.29 is 13.9 Å². The predicted molar refractivity (Wildman–Crippen MR) is 153 cm³/mol. The second-order valence-corrected chi connectivity index (χ2v) is 12.0. The fraction of sp³-hybridized carbons (Fsp3) is 0.379. The Balaban J connectivity index is 1.20. The first-order valence-electron chi connectivity index (χ1n) is 13.2. The van der Waals surface area contributed by atoms with Gasteiger partial charge in [-0.1, -0.05) is 35.5 Å². The number of piperidine rings is 1. The number of aromatic nitrogens is 4. The lowest BCUT2D eigenvalue weighted by atomic mass is 9.77. The van der Waals surface area contributed by atoms with Crippen LogP contribution in [-0.4, -0.2) is 52.4 Å². The molecule has 0 bridgehead atoms. The van der Waals surface area contributed by atoms with Crippen molar-refractivity contribution in [2.24, 2.45) is 5.41 Å². The molecule has 208 valence electrons. The molecule has 2 saturated heterocycles. The molecule has 2 aliphatic rings. The van der Waals surface area contributed by atoms with Crippen molar-refractivity contribution in [1.29, 1.82) is 0 Å². The normalized spacial score (nSPS) is 18.5. The lowest BCUT2D eigenvalue weighted by Gasteiger charge is -2.38. The average molecular weight is 582 g/mol. The fourth-order valence-electron chi connectivity index (χ4n) is 5.64. The van der Waals surface area contributed by atoms with Crippen LogP contribution in [0.3, 0.4) is 0 Å². The number of rotatable bonds is 6. The zero-order chi connectivity index (χ0) is 27.9. The quantitative estimate of drug-likeness (QED) is 0.292. The number of fused-ring (bicyclic) bond motifs is 1. The van der Waals surface area contributed by atoms with Gasteiger partial charge in [-0.05, 0) is 49.8 Å². The van der Waals surface area contributed by atoms with E-state index < -0.39 is 5.82 Å². The molecule has 2 aromatic heterocycles. The molecule has 6 rings (SSSR count). The van der Waals surface area contributed by atoms with Gasteiger partial charge in [0.1, 0.15) is 10.8 Å². The third-order valence-electron chi connectivity index (χ3n) is 7.87. The molecule has 0 amide bonds. The Morgan fingerprint density at radius 2 is 2.00 bits per heavy atom. The molecule has 40 heavy (non-hydrogen) atoms. The van der Waals surface area contributed by atoms with Crippen LogP contribution in [0.1, 0.15) is 31.7 Å². The molecule has 11 heteroatoms. The molecule has 1 spiro atoms. The van der Waals surface area contributed by atoms with Crippen LogP contribution in [0.25, 0.3) is 10.9 Å². The summed E-state index contributed by atoms with van der Waals surface area (Å²) in [5, 5.41) is 1.22. The summed E-state index contributed by atoms with van der Waals surface area (Å²) in [4.78, 5) is 30.0. The van der Waals surface area contributed by atoms with Gasteiger partial charge in [-0.25, -0.2) is 19.3 Å². The van der Waals surface area contributed by atoms with Gasteiger partial charge < -0.3 is 14.4 Å².